The largest absolute Gasteiger partial charge is 0.479 e. The predicted molar refractivity (Wildman–Crippen MR) is 71.1 cm³/mol. The number of amides is 1. The van der Waals surface area contributed by atoms with Gasteiger partial charge >= 0.3 is 11.9 Å². The summed E-state index contributed by atoms with van der Waals surface area (Å²) >= 11 is 0. The monoisotopic (exact) mass is 284 g/mol. The van der Waals surface area contributed by atoms with Gasteiger partial charge in [-0.2, -0.15) is 0 Å². The van der Waals surface area contributed by atoms with Crippen LogP contribution < -0.4 is 0 Å². The van der Waals surface area contributed by atoms with Gasteiger partial charge in [0, 0.05) is 12.8 Å². The van der Waals surface area contributed by atoms with Gasteiger partial charge in [-0.05, 0) is 26.3 Å². The molecule has 0 unspecified atom stereocenters. The van der Waals surface area contributed by atoms with Crippen LogP contribution in [-0.2, 0) is 19.1 Å². The lowest BCUT2D eigenvalue weighted by Gasteiger charge is -2.30. The zero-order valence-electron chi connectivity index (χ0n) is 12.0. The fourth-order valence-electron chi connectivity index (χ4n) is 1.85. The lowest BCUT2D eigenvalue weighted by atomic mass is 10.3. The van der Waals surface area contributed by atoms with Gasteiger partial charge in [0.15, 0.2) is 6.73 Å². The molecule has 112 valence electrons. The predicted octanol–water partition coefficient (Wildman–Crippen LogP) is 0.948. The number of hydrogen-bond acceptors (Lipinski definition) is 5. The van der Waals surface area contributed by atoms with Crippen molar-refractivity contribution in [3.8, 4) is 0 Å². The first kappa shape index (κ1) is 16.0. The molecule has 7 heteroatoms. The number of carboxylic acids is 1. The lowest BCUT2D eigenvalue weighted by molar-refractivity contribution is -0.155. The maximum Gasteiger partial charge on any atom is 0.395 e. The summed E-state index contributed by atoms with van der Waals surface area (Å²) in [6.07, 6.45) is 3.15. The molecule has 0 spiro atoms. The van der Waals surface area contributed by atoms with Gasteiger partial charge < -0.3 is 14.6 Å². The highest BCUT2D eigenvalue weighted by atomic mass is 16.5. The molecule has 0 aromatic carbocycles. The summed E-state index contributed by atoms with van der Waals surface area (Å²) in [6, 6.07) is 0. The summed E-state index contributed by atoms with van der Waals surface area (Å²) < 4.78 is 10.3. The lowest BCUT2D eigenvalue weighted by Crippen LogP contribution is -2.43. The Hall–Kier alpha value is -2.02. The summed E-state index contributed by atoms with van der Waals surface area (Å²) in [5.74, 6) is -1.98. The second-order valence-electron chi connectivity index (χ2n) is 4.33. The Morgan fingerprint density at radius 1 is 1.45 bits per heavy atom. The molecule has 0 radical (unpaired) electrons. The van der Waals surface area contributed by atoms with Crippen LogP contribution in [0.1, 0.15) is 20.8 Å². The molecule has 0 saturated carbocycles. The van der Waals surface area contributed by atoms with E-state index in [-0.39, 0.29) is 19.9 Å². The third-order valence-electron chi connectivity index (χ3n) is 2.62. The molecular formula is C13H20N2O5. The van der Waals surface area contributed by atoms with Crippen LogP contribution in [0.25, 0.3) is 0 Å². The number of aliphatic carboxylic acids is 1. The fourth-order valence-corrected chi connectivity index (χ4v) is 1.85. The van der Waals surface area contributed by atoms with E-state index < -0.39 is 11.9 Å². The van der Waals surface area contributed by atoms with Gasteiger partial charge in [0.25, 0.3) is 0 Å². The van der Waals surface area contributed by atoms with Gasteiger partial charge in [0.05, 0.1) is 13.2 Å². The minimum Gasteiger partial charge on any atom is -0.479 e. The van der Waals surface area contributed by atoms with Gasteiger partial charge in [-0.3, -0.25) is 14.6 Å². The molecule has 1 heterocycles. The van der Waals surface area contributed by atoms with E-state index in [2.05, 4.69) is 0 Å². The van der Waals surface area contributed by atoms with Crippen molar-refractivity contribution < 1.29 is 24.2 Å². The standard InChI is InChI=1S/C13H20N2O5/c1-4-19-8-6-15(12(16)13(17)18)11(10(2)3)14-5-7-20-9-14/h5,7H,4,6,8-9H2,1-3H3,(H,17,18). The highest BCUT2D eigenvalue weighted by molar-refractivity contribution is 6.31. The van der Waals surface area contributed by atoms with Crippen molar-refractivity contribution in [2.24, 2.45) is 0 Å². The SMILES string of the molecule is CCOCCN(C(=O)C(=O)O)C(=C(C)C)N1C=COC1. The van der Waals surface area contributed by atoms with Crippen molar-refractivity contribution in [1.82, 2.24) is 9.80 Å². The van der Waals surface area contributed by atoms with E-state index in [0.717, 1.165) is 5.57 Å². The number of carbonyl (C=O) groups is 2. The van der Waals surface area contributed by atoms with Crippen molar-refractivity contribution in [1.29, 1.82) is 0 Å². The summed E-state index contributed by atoms with van der Waals surface area (Å²) in [7, 11) is 0. The zero-order valence-corrected chi connectivity index (χ0v) is 12.0. The van der Waals surface area contributed by atoms with Crippen molar-refractivity contribution in [2.75, 3.05) is 26.5 Å². The Morgan fingerprint density at radius 3 is 2.60 bits per heavy atom. The number of carbonyl (C=O) groups excluding carboxylic acids is 1. The molecule has 0 atom stereocenters. The van der Waals surface area contributed by atoms with Crippen molar-refractivity contribution in [3.63, 3.8) is 0 Å². The quantitative estimate of drug-likeness (QED) is 0.578. The number of hydrogen-bond donors (Lipinski definition) is 1. The minimum absolute atomic E-state index is 0.170. The van der Waals surface area contributed by atoms with Crippen molar-refractivity contribution in [3.05, 3.63) is 23.9 Å². The molecule has 20 heavy (non-hydrogen) atoms. The van der Waals surface area contributed by atoms with E-state index in [1.165, 1.54) is 11.2 Å². The van der Waals surface area contributed by atoms with Crippen LogP contribution in [0.3, 0.4) is 0 Å². The Bertz CT molecular complexity index is 426. The zero-order chi connectivity index (χ0) is 15.1. The van der Waals surface area contributed by atoms with E-state index in [0.29, 0.717) is 12.4 Å². The van der Waals surface area contributed by atoms with Crippen LogP contribution in [0.2, 0.25) is 0 Å². The van der Waals surface area contributed by atoms with Gasteiger partial charge in [-0.15, -0.1) is 0 Å². The molecule has 1 aliphatic rings. The first-order valence-electron chi connectivity index (χ1n) is 6.34. The molecule has 0 aromatic rings. The smallest absolute Gasteiger partial charge is 0.395 e. The van der Waals surface area contributed by atoms with E-state index >= 15 is 0 Å². The Morgan fingerprint density at radius 2 is 2.15 bits per heavy atom. The first-order valence-corrected chi connectivity index (χ1v) is 6.34. The van der Waals surface area contributed by atoms with Crippen LogP contribution in [0, 0.1) is 0 Å². The van der Waals surface area contributed by atoms with E-state index in [4.69, 9.17) is 14.6 Å². The van der Waals surface area contributed by atoms with Gasteiger partial charge in [0.1, 0.15) is 12.1 Å². The molecule has 7 nitrogen and oxygen atoms in total. The van der Waals surface area contributed by atoms with Crippen molar-refractivity contribution in [2.45, 2.75) is 20.8 Å². The third-order valence-corrected chi connectivity index (χ3v) is 2.62. The third kappa shape index (κ3) is 3.99. The molecular weight excluding hydrogens is 264 g/mol. The summed E-state index contributed by atoms with van der Waals surface area (Å²) in [6.45, 7) is 6.65. The maximum absolute atomic E-state index is 11.9. The summed E-state index contributed by atoms with van der Waals surface area (Å²) in [5, 5.41) is 8.96. The molecule has 1 rings (SSSR count). The van der Waals surface area contributed by atoms with Crippen LogP contribution in [0.4, 0.5) is 0 Å². The topological polar surface area (TPSA) is 79.3 Å². The molecule has 1 amide bonds. The number of carboxylic acid groups (broad SMARTS) is 1. The normalized spacial score (nSPS) is 13.1. The molecule has 1 N–H and O–H groups in total. The number of ether oxygens (including phenoxy) is 2. The second-order valence-corrected chi connectivity index (χ2v) is 4.33. The average Bonchev–Trinajstić information content (AvgIpc) is 2.90. The fraction of sp³-hybridized carbons (Fsp3) is 0.538. The Balaban J connectivity index is 2.98. The first-order chi connectivity index (χ1) is 9.49. The summed E-state index contributed by atoms with van der Waals surface area (Å²) in [4.78, 5) is 25.8. The van der Waals surface area contributed by atoms with Gasteiger partial charge in [-0.1, -0.05) is 0 Å². The van der Waals surface area contributed by atoms with Gasteiger partial charge in [-0.25, -0.2) is 4.79 Å². The van der Waals surface area contributed by atoms with Crippen LogP contribution in [0.5, 0.6) is 0 Å². The highest BCUT2D eigenvalue weighted by Gasteiger charge is 2.28. The van der Waals surface area contributed by atoms with E-state index in [1.54, 1.807) is 11.1 Å². The number of nitrogens with zero attached hydrogens (tertiary/aromatic N) is 2. The highest BCUT2D eigenvalue weighted by Crippen LogP contribution is 2.19. The second kappa shape index (κ2) is 7.54. The minimum atomic E-state index is -1.50. The van der Waals surface area contributed by atoms with E-state index in [9.17, 15) is 9.59 Å². The van der Waals surface area contributed by atoms with Crippen molar-refractivity contribution >= 4 is 11.9 Å². The molecule has 0 aliphatic carbocycles. The summed E-state index contributed by atoms with van der Waals surface area (Å²) in [5.41, 5.74) is 0.811. The molecule has 0 aromatic heterocycles. The van der Waals surface area contributed by atoms with Gasteiger partial charge in [0.2, 0.25) is 0 Å². The molecule has 0 fully saturated rings. The average molecular weight is 284 g/mol. The van der Waals surface area contributed by atoms with Crippen LogP contribution in [-0.4, -0.2) is 53.3 Å². The van der Waals surface area contributed by atoms with Crippen LogP contribution in [0.15, 0.2) is 23.9 Å². The number of allylic oxidation sites excluding steroid dienone is 1. The molecule has 0 saturated heterocycles. The Labute approximate surface area is 118 Å². The molecule has 0 bridgehead atoms. The number of rotatable bonds is 6. The molecule has 1 aliphatic heterocycles. The van der Waals surface area contributed by atoms with Crippen LogP contribution >= 0.6 is 0 Å². The Kier molecular flexibility index (Phi) is 6.05. The van der Waals surface area contributed by atoms with E-state index in [1.807, 2.05) is 20.8 Å². The maximum atomic E-state index is 11.9.